The molecular weight excluding hydrogens is 208 g/mol. The lowest BCUT2D eigenvalue weighted by molar-refractivity contribution is -0.110. The lowest BCUT2D eigenvalue weighted by atomic mass is 10.1. The third kappa shape index (κ3) is 1.88. The second-order valence-electron chi connectivity index (χ2n) is 3.41. The highest BCUT2D eigenvalue weighted by Crippen LogP contribution is 2.38. The molecule has 0 spiro atoms. The van der Waals surface area contributed by atoms with Gasteiger partial charge in [-0.3, -0.25) is 9.79 Å². The van der Waals surface area contributed by atoms with Gasteiger partial charge < -0.3 is 0 Å². The molecule has 0 bridgehead atoms. The summed E-state index contributed by atoms with van der Waals surface area (Å²) in [5, 5.41) is 8.89. The molecule has 15 heavy (non-hydrogen) atoms. The van der Waals surface area contributed by atoms with Gasteiger partial charge in [0.1, 0.15) is 5.37 Å². The molecule has 2 rings (SSSR count). The first-order valence-corrected chi connectivity index (χ1v) is 5.70. The first-order valence-electron chi connectivity index (χ1n) is 4.82. The molecule has 1 aliphatic carbocycles. The van der Waals surface area contributed by atoms with Crippen LogP contribution in [0, 0.1) is 17.2 Å². The first kappa shape index (κ1) is 10.2. The van der Waals surface area contributed by atoms with Crippen molar-refractivity contribution in [1.29, 1.82) is 5.26 Å². The molecule has 0 N–H and O–H groups in total. The van der Waals surface area contributed by atoms with Gasteiger partial charge in [0.05, 0.1) is 17.7 Å². The second kappa shape index (κ2) is 4.03. The Bertz CT molecular complexity index is 428. The van der Waals surface area contributed by atoms with E-state index in [1.807, 2.05) is 6.92 Å². The van der Waals surface area contributed by atoms with Crippen LogP contribution in [0.1, 0.15) is 13.3 Å². The summed E-state index contributed by atoms with van der Waals surface area (Å²) < 4.78 is 0. The van der Waals surface area contributed by atoms with E-state index in [9.17, 15) is 4.79 Å². The van der Waals surface area contributed by atoms with E-state index in [-0.39, 0.29) is 17.1 Å². The molecule has 0 aromatic rings. The summed E-state index contributed by atoms with van der Waals surface area (Å²) in [5.74, 6) is -0.0698. The Labute approximate surface area is 92.6 Å². The number of rotatable bonds is 2. The van der Waals surface area contributed by atoms with E-state index in [2.05, 4.69) is 11.1 Å². The Morgan fingerprint density at radius 1 is 1.67 bits per heavy atom. The van der Waals surface area contributed by atoms with Crippen molar-refractivity contribution in [2.75, 3.05) is 0 Å². The number of carbonyl (C=O) groups is 1. The molecule has 0 saturated carbocycles. The van der Waals surface area contributed by atoms with Crippen LogP contribution in [0.25, 0.3) is 0 Å². The van der Waals surface area contributed by atoms with Gasteiger partial charge >= 0.3 is 0 Å². The van der Waals surface area contributed by atoms with E-state index in [0.29, 0.717) is 0 Å². The van der Waals surface area contributed by atoms with Crippen molar-refractivity contribution >= 4 is 23.3 Å². The number of carbonyl (C=O) groups excluding carboxylic acids is 1. The molecule has 1 heterocycles. The van der Waals surface area contributed by atoms with Gasteiger partial charge in [0, 0.05) is 11.0 Å². The zero-order chi connectivity index (χ0) is 10.8. The second-order valence-corrected chi connectivity index (χ2v) is 4.57. The Morgan fingerprint density at radius 2 is 2.47 bits per heavy atom. The standard InChI is InChI=1S/C11H10N2OS/c1-2-7(6-12)11-13-9-4-3-8(14)5-10(9)15-11/h3-5,7,11H,2H2,1H3. The predicted molar refractivity (Wildman–Crippen MR) is 60.4 cm³/mol. The van der Waals surface area contributed by atoms with Crippen molar-refractivity contribution < 1.29 is 4.79 Å². The van der Waals surface area contributed by atoms with E-state index in [4.69, 9.17) is 5.26 Å². The number of hydrogen-bond donors (Lipinski definition) is 0. The van der Waals surface area contributed by atoms with Gasteiger partial charge in [0.2, 0.25) is 0 Å². The number of fused-ring (bicyclic) bond motifs is 1. The van der Waals surface area contributed by atoms with Crippen molar-refractivity contribution in [3.63, 3.8) is 0 Å². The third-order valence-electron chi connectivity index (χ3n) is 2.40. The van der Waals surface area contributed by atoms with Gasteiger partial charge in [0.15, 0.2) is 5.78 Å². The highest BCUT2D eigenvalue weighted by Gasteiger charge is 2.29. The number of aliphatic imine (C=N–C) groups is 1. The summed E-state index contributed by atoms with van der Waals surface area (Å²) in [6.45, 7) is 1.98. The zero-order valence-corrected chi connectivity index (χ0v) is 9.12. The van der Waals surface area contributed by atoms with Crippen LogP contribution < -0.4 is 0 Å². The summed E-state index contributed by atoms with van der Waals surface area (Å²) in [7, 11) is 0. The van der Waals surface area contributed by atoms with Crippen LogP contribution in [-0.2, 0) is 4.79 Å². The zero-order valence-electron chi connectivity index (χ0n) is 8.30. The summed E-state index contributed by atoms with van der Waals surface area (Å²) in [6.07, 6.45) is 5.62. The smallest absolute Gasteiger partial charge is 0.179 e. The van der Waals surface area contributed by atoms with Crippen molar-refractivity contribution in [2.45, 2.75) is 18.7 Å². The average molecular weight is 218 g/mol. The van der Waals surface area contributed by atoms with E-state index >= 15 is 0 Å². The van der Waals surface area contributed by atoms with Crippen LogP contribution in [-0.4, -0.2) is 16.9 Å². The van der Waals surface area contributed by atoms with Gasteiger partial charge in [-0.15, -0.1) is 0 Å². The highest BCUT2D eigenvalue weighted by atomic mass is 32.2. The molecule has 3 nitrogen and oxygen atoms in total. The molecule has 0 fully saturated rings. The van der Waals surface area contributed by atoms with E-state index in [1.54, 1.807) is 12.2 Å². The maximum Gasteiger partial charge on any atom is 0.179 e. The molecule has 76 valence electrons. The van der Waals surface area contributed by atoms with Crippen molar-refractivity contribution in [1.82, 2.24) is 0 Å². The summed E-state index contributed by atoms with van der Waals surface area (Å²) in [5.41, 5.74) is 0.846. The molecule has 0 aromatic heterocycles. The lowest BCUT2D eigenvalue weighted by Crippen LogP contribution is -2.09. The number of ketones is 1. The number of nitriles is 1. The molecule has 0 saturated heterocycles. The summed E-state index contributed by atoms with van der Waals surface area (Å²) >= 11 is 1.52. The van der Waals surface area contributed by atoms with Crippen LogP contribution in [0.5, 0.6) is 0 Å². The molecule has 0 aromatic carbocycles. The highest BCUT2D eigenvalue weighted by molar-refractivity contribution is 8.05. The molecule has 2 atom stereocenters. The van der Waals surface area contributed by atoms with E-state index in [1.165, 1.54) is 17.8 Å². The van der Waals surface area contributed by atoms with Gasteiger partial charge in [-0.2, -0.15) is 5.26 Å². The minimum Gasteiger partial charge on any atom is -0.290 e. The van der Waals surface area contributed by atoms with E-state index < -0.39 is 0 Å². The van der Waals surface area contributed by atoms with Gasteiger partial charge in [-0.1, -0.05) is 18.7 Å². The van der Waals surface area contributed by atoms with Crippen LogP contribution in [0.15, 0.2) is 28.1 Å². The normalized spacial score (nSPS) is 25.3. The summed E-state index contributed by atoms with van der Waals surface area (Å²) in [4.78, 5) is 16.5. The van der Waals surface area contributed by atoms with Crippen LogP contribution in [0.4, 0.5) is 0 Å². The third-order valence-corrected chi connectivity index (χ3v) is 3.65. The fourth-order valence-electron chi connectivity index (χ4n) is 1.52. The van der Waals surface area contributed by atoms with Crippen molar-refractivity contribution in [2.24, 2.45) is 10.9 Å². The minimum absolute atomic E-state index is 0.00195. The molecule has 4 heteroatoms. The van der Waals surface area contributed by atoms with Crippen LogP contribution in [0.2, 0.25) is 0 Å². The van der Waals surface area contributed by atoms with Crippen LogP contribution >= 0.6 is 11.8 Å². The Kier molecular flexibility index (Phi) is 2.74. The maximum absolute atomic E-state index is 11.1. The molecular formula is C11H10N2OS. The lowest BCUT2D eigenvalue weighted by Gasteiger charge is -2.09. The fraction of sp³-hybridized carbons (Fsp3) is 0.364. The number of thioether (sulfide) groups is 1. The molecule has 0 radical (unpaired) electrons. The Balaban J connectivity index is 2.22. The number of allylic oxidation sites excluding steroid dienone is 4. The van der Waals surface area contributed by atoms with Gasteiger partial charge in [-0.05, 0) is 18.6 Å². The Hall–Kier alpha value is -1.34. The predicted octanol–water partition coefficient (Wildman–Crippen LogP) is 2.07. The number of nitrogens with zero attached hydrogens (tertiary/aromatic N) is 2. The van der Waals surface area contributed by atoms with Crippen molar-refractivity contribution in [3.05, 3.63) is 23.1 Å². The average Bonchev–Trinajstić information content (AvgIpc) is 2.62. The summed E-state index contributed by atoms with van der Waals surface area (Å²) in [6, 6.07) is 2.25. The van der Waals surface area contributed by atoms with E-state index in [0.717, 1.165) is 17.0 Å². The minimum atomic E-state index is -0.0718. The Morgan fingerprint density at radius 3 is 3.13 bits per heavy atom. The molecule has 2 aliphatic rings. The van der Waals surface area contributed by atoms with Crippen LogP contribution in [0.3, 0.4) is 0 Å². The van der Waals surface area contributed by atoms with Gasteiger partial charge in [0.25, 0.3) is 0 Å². The monoisotopic (exact) mass is 218 g/mol. The number of hydrogen-bond acceptors (Lipinski definition) is 4. The van der Waals surface area contributed by atoms with Gasteiger partial charge in [-0.25, -0.2) is 0 Å². The first-order chi connectivity index (χ1) is 7.24. The SMILES string of the molecule is CCC(C#N)C1N=C2C=CC(=O)C=C2S1. The fourth-order valence-corrected chi connectivity index (χ4v) is 2.79. The maximum atomic E-state index is 11.1. The molecule has 1 aliphatic heterocycles. The largest absolute Gasteiger partial charge is 0.290 e. The van der Waals surface area contributed by atoms with Crippen molar-refractivity contribution in [3.8, 4) is 6.07 Å². The molecule has 0 amide bonds. The quantitative estimate of drug-likeness (QED) is 0.667. The topological polar surface area (TPSA) is 53.2 Å². The molecule has 2 unspecified atom stereocenters.